The quantitative estimate of drug-likeness (QED) is 0.422. The van der Waals surface area contributed by atoms with Crippen LogP contribution in [0.1, 0.15) is 34.1 Å². The molecular formula is C29H30N4O5S. The van der Waals surface area contributed by atoms with E-state index in [-0.39, 0.29) is 30.1 Å². The summed E-state index contributed by atoms with van der Waals surface area (Å²) in [7, 11) is 3.08. The van der Waals surface area contributed by atoms with Crippen LogP contribution in [0.5, 0.6) is 11.5 Å². The SMILES string of the molecule is CCN1CCc2nc3ccccc3c(C(=O)NCCN3C(=O)S/C(=C\c4ccc(OC)c(OC)c4)C3=O)c2C1. The second-order valence-corrected chi connectivity index (χ2v) is 10.2. The maximum Gasteiger partial charge on any atom is 0.293 e. The lowest BCUT2D eigenvalue weighted by atomic mass is 9.95. The van der Waals surface area contributed by atoms with E-state index in [1.165, 1.54) is 7.11 Å². The number of imide groups is 1. The summed E-state index contributed by atoms with van der Waals surface area (Å²) in [5, 5.41) is 3.38. The Morgan fingerprint density at radius 1 is 1.13 bits per heavy atom. The Balaban J connectivity index is 1.30. The molecular weight excluding hydrogens is 516 g/mol. The second-order valence-electron chi connectivity index (χ2n) is 9.25. The summed E-state index contributed by atoms with van der Waals surface area (Å²) >= 11 is 0.878. The first-order chi connectivity index (χ1) is 18.9. The van der Waals surface area contributed by atoms with Crippen molar-refractivity contribution < 1.29 is 23.9 Å². The van der Waals surface area contributed by atoms with Crippen molar-refractivity contribution in [2.45, 2.75) is 19.9 Å². The van der Waals surface area contributed by atoms with Gasteiger partial charge in [-0.2, -0.15) is 0 Å². The molecule has 5 rings (SSSR count). The Morgan fingerprint density at radius 2 is 1.92 bits per heavy atom. The van der Waals surface area contributed by atoms with Gasteiger partial charge in [0.05, 0.1) is 30.2 Å². The lowest BCUT2D eigenvalue weighted by molar-refractivity contribution is -0.122. The number of para-hydroxylation sites is 1. The monoisotopic (exact) mass is 546 g/mol. The maximum absolute atomic E-state index is 13.5. The Morgan fingerprint density at radius 3 is 2.69 bits per heavy atom. The Bertz CT molecular complexity index is 1490. The zero-order valence-electron chi connectivity index (χ0n) is 22.2. The summed E-state index contributed by atoms with van der Waals surface area (Å²) in [5.41, 5.74) is 4.02. The van der Waals surface area contributed by atoms with Crippen LogP contribution in [0.15, 0.2) is 47.4 Å². The highest BCUT2D eigenvalue weighted by Crippen LogP contribution is 2.34. The number of methoxy groups -OCH3 is 2. The molecule has 2 aliphatic rings. The van der Waals surface area contributed by atoms with Crippen LogP contribution in [-0.2, 0) is 17.8 Å². The Labute approximate surface area is 231 Å². The van der Waals surface area contributed by atoms with Crippen molar-refractivity contribution in [2.75, 3.05) is 40.4 Å². The summed E-state index contributed by atoms with van der Waals surface area (Å²) < 4.78 is 10.6. The largest absolute Gasteiger partial charge is 0.493 e. The number of hydrogen-bond donors (Lipinski definition) is 1. The van der Waals surface area contributed by atoms with Crippen molar-refractivity contribution in [1.82, 2.24) is 20.1 Å². The topological polar surface area (TPSA) is 101 Å². The summed E-state index contributed by atoms with van der Waals surface area (Å²) in [6.07, 6.45) is 2.44. The van der Waals surface area contributed by atoms with Gasteiger partial charge in [0.2, 0.25) is 0 Å². The molecule has 0 atom stereocenters. The number of nitrogens with zero attached hydrogens (tertiary/aromatic N) is 3. The van der Waals surface area contributed by atoms with Crippen molar-refractivity contribution >= 4 is 45.8 Å². The first-order valence-electron chi connectivity index (χ1n) is 12.8. The zero-order valence-corrected chi connectivity index (χ0v) is 23.0. The number of rotatable bonds is 8. The van der Waals surface area contributed by atoms with Gasteiger partial charge >= 0.3 is 0 Å². The average molecular weight is 547 g/mol. The van der Waals surface area contributed by atoms with Crippen molar-refractivity contribution in [3.05, 3.63) is 69.8 Å². The number of likely N-dealkylation sites (N-methyl/N-ethyl adjacent to an activating group) is 1. The van der Waals surface area contributed by atoms with E-state index in [0.29, 0.717) is 34.1 Å². The predicted molar refractivity (Wildman–Crippen MR) is 151 cm³/mol. The second kappa shape index (κ2) is 11.5. The van der Waals surface area contributed by atoms with Gasteiger partial charge in [-0.15, -0.1) is 0 Å². The number of aromatic nitrogens is 1. The summed E-state index contributed by atoms with van der Waals surface area (Å²) in [6, 6.07) is 12.9. The summed E-state index contributed by atoms with van der Waals surface area (Å²) in [5.74, 6) is 0.486. The highest BCUT2D eigenvalue weighted by molar-refractivity contribution is 8.18. The van der Waals surface area contributed by atoms with Gasteiger partial charge in [-0.1, -0.05) is 31.2 Å². The normalized spacial score (nSPS) is 16.6. The predicted octanol–water partition coefficient (Wildman–Crippen LogP) is 4.10. The van der Waals surface area contributed by atoms with Crippen molar-refractivity contribution in [3.8, 4) is 11.5 Å². The van der Waals surface area contributed by atoms with Crippen LogP contribution in [0.25, 0.3) is 17.0 Å². The number of thioether (sulfide) groups is 1. The Kier molecular flexibility index (Phi) is 7.85. The molecule has 2 aromatic carbocycles. The average Bonchev–Trinajstić information content (AvgIpc) is 3.22. The number of ether oxygens (including phenoxy) is 2. The molecule has 0 aliphatic carbocycles. The first-order valence-corrected chi connectivity index (χ1v) is 13.6. The van der Waals surface area contributed by atoms with E-state index < -0.39 is 0 Å². The third-order valence-electron chi connectivity index (χ3n) is 7.00. The number of hydrogen-bond acceptors (Lipinski definition) is 8. The van der Waals surface area contributed by atoms with Gasteiger partial charge in [0, 0.05) is 49.2 Å². The number of pyridine rings is 1. The highest BCUT2D eigenvalue weighted by Gasteiger charge is 2.35. The molecule has 202 valence electrons. The molecule has 0 spiro atoms. The molecule has 1 saturated heterocycles. The molecule has 0 saturated carbocycles. The lowest BCUT2D eigenvalue weighted by Crippen LogP contribution is -2.38. The van der Waals surface area contributed by atoms with E-state index in [9.17, 15) is 14.4 Å². The van der Waals surface area contributed by atoms with Gasteiger partial charge in [0.15, 0.2) is 11.5 Å². The van der Waals surface area contributed by atoms with Crippen LogP contribution >= 0.6 is 11.8 Å². The summed E-state index contributed by atoms with van der Waals surface area (Å²) in [6.45, 7) is 4.79. The van der Waals surface area contributed by atoms with E-state index >= 15 is 0 Å². The Hall–Kier alpha value is -3.89. The van der Waals surface area contributed by atoms with Crippen molar-refractivity contribution in [1.29, 1.82) is 0 Å². The number of fused-ring (bicyclic) bond motifs is 2. The third kappa shape index (κ3) is 5.35. The molecule has 0 unspecified atom stereocenters. The first kappa shape index (κ1) is 26.7. The number of benzene rings is 2. The fraction of sp³-hybridized carbons (Fsp3) is 0.310. The van der Waals surface area contributed by atoms with Gasteiger partial charge in [-0.05, 0) is 48.1 Å². The molecule has 0 radical (unpaired) electrons. The molecule has 3 amide bonds. The van der Waals surface area contributed by atoms with E-state index in [4.69, 9.17) is 14.5 Å². The van der Waals surface area contributed by atoms with E-state index in [2.05, 4.69) is 17.1 Å². The fourth-order valence-electron chi connectivity index (χ4n) is 4.93. The third-order valence-corrected chi connectivity index (χ3v) is 7.91. The van der Waals surface area contributed by atoms with Crippen molar-refractivity contribution in [2.24, 2.45) is 0 Å². The van der Waals surface area contributed by atoms with Gasteiger partial charge in [-0.25, -0.2) is 0 Å². The minimum atomic E-state index is -0.389. The maximum atomic E-state index is 13.5. The van der Waals surface area contributed by atoms with E-state index in [0.717, 1.165) is 58.3 Å². The standard InChI is InChI=1S/C29H30N4O5S/c1-4-32-13-11-22-20(17-32)26(19-7-5-6-8-21(19)31-22)27(34)30-12-14-33-28(35)25(39-29(33)36)16-18-9-10-23(37-2)24(15-18)38-3/h5-10,15-16H,4,11-14,17H2,1-3H3,(H,30,34)/b25-16-. The molecule has 1 fully saturated rings. The fourth-order valence-corrected chi connectivity index (χ4v) is 5.80. The molecule has 3 heterocycles. The number of nitrogens with one attached hydrogen (secondary N) is 1. The highest BCUT2D eigenvalue weighted by atomic mass is 32.2. The number of carbonyl (C=O) groups is 3. The van der Waals surface area contributed by atoms with E-state index in [1.807, 2.05) is 24.3 Å². The van der Waals surface area contributed by atoms with Crippen LogP contribution in [0.4, 0.5) is 4.79 Å². The smallest absolute Gasteiger partial charge is 0.293 e. The van der Waals surface area contributed by atoms with Crippen LogP contribution < -0.4 is 14.8 Å². The van der Waals surface area contributed by atoms with Gasteiger partial charge < -0.3 is 14.8 Å². The minimum absolute atomic E-state index is 0.0754. The molecule has 10 heteroatoms. The van der Waals surface area contributed by atoms with Gasteiger partial charge in [0.25, 0.3) is 17.1 Å². The van der Waals surface area contributed by atoms with Crippen LogP contribution in [0.2, 0.25) is 0 Å². The van der Waals surface area contributed by atoms with Crippen LogP contribution in [0, 0.1) is 0 Å². The molecule has 2 aliphatic heterocycles. The van der Waals surface area contributed by atoms with Crippen molar-refractivity contribution in [3.63, 3.8) is 0 Å². The summed E-state index contributed by atoms with van der Waals surface area (Å²) in [4.78, 5) is 47.7. The lowest BCUT2D eigenvalue weighted by Gasteiger charge is -2.29. The molecule has 3 aromatic rings. The molecule has 39 heavy (non-hydrogen) atoms. The van der Waals surface area contributed by atoms with Gasteiger partial charge in [-0.3, -0.25) is 29.2 Å². The number of amides is 3. The van der Waals surface area contributed by atoms with Crippen LogP contribution in [0.3, 0.4) is 0 Å². The molecule has 1 N–H and O–H groups in total. The zero-order chi connectivity index (χ0) is 27.5. The van der Waals surface area contributed by atoms with Gasteiger partial charge in [0.1, 0.15) is 0 Å². The van der Waals surface area contributed by atoms with E-state index in [1.54, 1.807) is 31.4 Å². The number of carbonyl (C=O) groups excluding carboxylic acids is 3. The molecule has 1 aromatic heterocycles. The molecule has 9 nitrogen and oxygen atoms in total. The van der Waals surface area contributed by atoms with Crippen LogP contribution in [-0.4, -0.2) is 72.2 Å². The minimum Gasteiger partial charge on any atom is -0.493 e. The molecule has 0 bridgehead atoms.